The average molecular weight is 328 g/mol. The highest BCUT2D eigenvalue weighted by Crippen LogP contribution is 2.23. The van der Waals surface area contributed by atoms with E-state index in [4.69, 9.17) is 0 Å². The van der Waals surface area contributed by atoms with Gasteiger partial charge in [-0.15, -0.1) is 0 Å². The van der Waals surface area contributed by atoms with Crippen molar-refractivity contribution in [2.24, 2.45) is 0 Å². The molecule has 2 aromatic heterocycles. The predicted molar refractivity (Wildman–Crippen MR) is 87.5 cm³/mol. The second-order valence-electron chi connectivity index (χ2n) is 4.58. The summed E-state index contributed by atoms with van der Waals surface area (Å²) in [5, 5.41) is 4.45. The number of hydrogen-bond donors (Lipinski definition) is 2. The van der Waals surface area contributed by atoms with Crippen LogP contribution in [0.4, 0.5) is 5.69 Å². The summed E-state index contributed by atoms with van der Waals surface area (Å²) in [4.78, 5) is 7.49. The van der Waals surface area contributed by atoms with E-state index in [9.17, 15) is 0 Å². The minimum Gasteiger partial charge on any atom is -0.361 e. The van der Waals surface area contributed by atoms with Crippen LogP contribution in [-0.2, 0) is 0 Å². The molecule has 3 rings (SSSR count). The van der Waals surface area contributed by atoms with Gasteiger partial charge in [0, 0.05) is 39.7 Å². The molecule has 0 spiro atoms. The summed E-state index contributed by atoms with van der Waals surface area (Å²) in [7, 11) is 0. The largest absolute Gasteiger partial charge is 0.361 e. The van der Waals surface area contributed by atoms with E-state index in [1.165, 1.54) is 0 Å². The third-order valence-corrected chi connectivity index (χ3v) is 3.70. The van der Waals surface area contributed by atoms with Gasteiger partial charge < -0.3 is 10.3 Å². The van der Waals surface area contributed by atoms with Crippen molar-refractivity contribution in [2.75, 3.05) is 5.32 Å². The third-order valence-electron chi connectivity index (χ3n) is 3.18. The van der Waals surface area contributed by atoms with Crippen molar-refractivity contribution in [3.8, 4) is 0 Å². The van der Waals surface area contributed by atoms with Crippen molar-refractivity contribution in [3.63, 3.8) is 0 Å². The summed E-state index contributed by atoms with van der Waals surface area (Å²) in [6, 6.07) is 12.1. The standard InChI is InChI=1S/C16H14BrN3/c1-11(9-19-13-6-4-12(17)5-7-13)15-10-20-16-14(15)3-2-8-18-16/h2-10,19H,1H3,(H,18,20)/b11-9+. The zero-order valence-electron chi connectivity index (χ0n) is 11.0. The summed E-state index contributed by atoms with van der Waals surface area (Å²) in [5.41, 5.74) is 4.30. The number of aromatic nitrogens is 2. The topological polar surface area (TPSA) is 40.7 Å². The first-order valence-corrected chi connectivity index (χ1v) is 7.15. The zero-order chi connectivity index (χ0) is 13.9. The van der Waals surface area contributed by atoms with E-state index in [-0.39, 0.29) is 0 Å². The van der Waals surface area contributed by atoms with Crippen LogP contribution < -0.4 is 5.32 Å². The molecule has 2 heterocycles. The minimum atomic E-state index is 0.916. The van der Waals surface area contributed by atoms with Gasteiger partial charge >= 0.3 is 0 Å². The van der Waals surface area contributed by atoms with Crippen LogP contribution in [-0.4, -0.2) is 9.97 Å². The molecule has 0 saturated heterocycles. The van der Waals surface area contributed by atoms with Gasteiger partial charge in [0.15, 0.2) is 0 Å². The van der Waals surface area contributed by atoms with Gasteiger partial charge in [-0.2, -0.15) is 0 Å². The molecule has 0 bridgehead atoms. The molecule has 0 aliphatic heterocycles. The number of benzene rings is 1. The summed E-state index contributed by atoms with van der Waals surface area (Å²) in [6.07, 6.45) is 5.80. The Bertz CT molecular complexity index is 757. The fraction of sp³-hybridized carbons (Fsp3) is 0.0625. The molecule has 2 N–H and O–H groups in total. The van der Waals surface area contributed by atoms with Crippen LogP contribution in [0.25, 0.3) is 16.6 Å². The number of halogens is 1. The van der Waals surface area contributed by atoms with E-state index >= 15 is 0 Å². The molecular weight excluding hydrogens is 314 g/mol. The van der Waals surface area contributed by atoms with Crippen molar-refractivity contribution >= 4 is 38.2 Å². The maximum absolute atomic E-state index is 4.30. The second kappa shape index (κ2) is 5.51. The highest BCUT2D eigenvalue weighted by molar-refractivity contribution is 9.10. The molecule has 0 amide bonds. The molecule has 3 nitrogen and oxygen atoms in total. The lowest BCUT2D eigenvalue weighted by Gasteiger charge is -2.04. The van der Waals surface area contributed by atoms with Crippen LogP contribution in [0.2, 0.25) is 0 Å². The monoisotopic (exact) mass is 327 g/mol. The van der Waals surface area contributed by atoms with Gasteiger partial charge in [0.25, 0.3) is 0 Å². The van der Waals surface area contributed by atoms with E-state index in [1.54, 1.807) is 6.20 Å². The quantitative estimate of drug-likeness (QED) is 0.725. The molecule has 0 radical (unpaired) electrons. The smallest absolute Gasteiger partial charge is 0.137 e. The lowest BCUT2D eigenvalue weighted by atomic mass is 10.1. The van der Waals surface area contributed by atoms with Crippen molar-refractivity contribution in [3.05, 3.63) is 65.0 Å². The number of fused-ring (bicyclic) bond motifs is 1. The van der Waals surface area contributed by atoms with Gasteiger partial charge in [0.1, 0.15) is 5.65 Å². The van der Waals surface area contributed by atoms with E-state index in [0.717, 1.165) is 32.3 Å². The van der Waals surface area contributed by atoms with Crippen LogP contribution in [0.5, 0.6) is 0 Å². The number of allylic oxidation sites excluding steroid dienone is 1. The zero-order valence-corrected chi connectivity index (χ0v) is 12.6. The Hall–Kier alpha value is -2.07. The van der Waals surface area contributed by atoms with E-state index in [0.29, 0.717) is 0 Å². The lowest BCUT2D eigenvalue weighted by Crippen LogP contribution is -1.89. The first kappa shape index (κ1) is 12.9. The van der Waals surface area contributed by atoms with Crippen molar-refractivity contribution in [1.82, 2.24) is 9.97 Å². The highest BCUT2D eigenvalue weighted by Gasteiger charge is 2.05. The first-order chi connectivity index (χ1) is 9.74. The maximum Gasteiger partial charge on any atom is 0.137 e. The van der Waals surface area contributed by atoms with Gasteiger partial charge in [0.05, 0.1) is 0 Å². The maximum atomic E-state index is 4.30. The molecular formula is C16H14BrN3. The number of nitrogens with one attached hydrogen (secondary N) is 2. The summed E-state index contributed by atoms with van der Waals surface area (Å²) < 4.78 is 1.08. The van der Waals surface area contributed by atoms with Crippen LogP contribution >= 0.6 is 15.9 Å². The fourth-order valence-corrected chi connectivity index (χ4v) is 2.36. The minimum absolute atomic E-state index is 0.916. The second-order valence-corrected chi connectivity index (χ2v) is 5.50. The molecule has 0 atom stereocenters. The number of hydrogen-bond acceptors (Lipinski definition) is 2. The van der Waals surface area contributed by atoms with Crippen LogP contribution in [0.15, 0.2) is 59.5 Å². The third kappa shape index (κ3) is 2.60. The van der Waals surface area contributed by atoms with Gasteiger partial charge in [-0.3, -0.25) is 0 Å². The Morgan fingerprint density at radius 1 is 1.25 bits per heavy atom. The number of anilines is 1. The molecule has 0 unspecified atom stereocenters. The van der Waals surface area contributed by atoms with Gasteiger partial charge in [0.2, 0.25) is 0 Å². The van der Waals surface area contributed by atoms with Gasteiger partial charge in [-0.25, -0.2) is 4.98 Å². The molecule has 100 valence electrons. The predicted octanol–water partition coefficient (Wildman–Crippen LogP) is 4.80. The molecule has 0 aliphatic rings. The molecule has 0 fully saturated rings. The van der Waals surface area contributed by atoms with E-state index in [2.05, 4.69) is 44.2 Å². The number of rotatable bonds is 3. The van der Waals surface area contributed by atoms with Crippen LogP contribution in [0.3, 0.4) is 0 Å². The molecule has 3 aromatic rings. The Kier molecular flexibility index (Phi) is 3.56. The lowest BCUT2D eigenvalue weighted by molar-refractivity contribution is 1.32. The van der Waals surface area contributed by atoms with Crippen LogP contribution in [0, 0.1) is 0 Å². The van der Waals surface area contributed by atoms with E-state index < -0.39 is 0 Å². The molecule has 0 aliphatic carbocycles. The van der Waals surface area contributed by atoms with Crippen molar-refractivity contribution < 1.29 is 0 Å². The summed E-state index contributed by atoms with van der Waals surface area (Å²) in [5.74, 6) is 0. The number of pyridine rings is 1. The molecule has 1 aromatic carbocycles. The van der Waals surface area contributed by atoms with Gasteiger partial charge in [-0.1, -0.05) is 15.9 Å². The van der Waals surface area contributed by atoms with Crippen LogP contribution in [0.1, 0.15) is 12.5 Å². The van der Waals surface area contributed by atoms with Crippen molar-refractivity contribution in [2.45, 2.75) is 6.92 Å². The Morgan fingerprint density at radius 3 is 2.85 bits per heavy atom. The summed E-state index contributed by atoms with van der Waals surface area (Å²) >= 11 is 3.43. The Labute approximate surface area is 125 Å². The normalized spacial score (nSPS) is 11.8. The number of H-pyrrole nitrogens is 1. The Morgan fingerprint density at radius 2 is 2.05 bits per heavy atom. The highest BCUT2D eigenvalue weighted by atomic mass is 79.9. The number of nitrogens with zero attached hydrogens (tertiary/aromatic N) is 1. The average Bonchev–Trinajstić information content (AvgIpc) is 2.90. The SMILES string of the molecule is C/C(=C\Nc1ccc(Br)cc1)c1c[nH]c2ncccc12. The first-order valence-electron chi connectivity index (χ1n) is 6.35. The van der Waals surface area contributed by atoms with Gasteiger partial charge in [-0.05, 0) is 48.9 Å². The fourth-order valence-electron chi connectivity index (χ4n) is 2.10. The molecule has 20 heavy (non-hydrogen) atoms. The van der Waals surface area contributed by atoms with E-state index in [1.807, 2.05) is 42.7 Å². The Balaban J connectivity index is 1.86. The summed E-state index contributed by atoms with van der Waals surface area (Å²) in [6.45, 7) is 2.08. The molecule has 4 heteroatoms. The molecule has 0 saturated carbocycles. The number of aromatic amines is 1. The van der Waals surface area contributed by atoms with Crippen molar-refractivity contribution in [1.29, 1.82) is 0 Å².